The molecule has 3 aromatic rings. The summed E-state index contributed by atoms with van der Waals surface area (Å²) in [6.45, 7) is 1.57. The van der Waals surface area contributed by atoms with E-state index in [2.05, 4.69) is 0 Å². The van der Waals surface area contributed by atoms with Crippen LogP contribution in [0.5, 0.6) is 23.0 Å². The Morgan fingerprint density at radius 2 is 1.65 bits per heavy atom. The zero-order chi connectivity index (χ0) is 14.6. The molecule has 0 aliphatic rings. The highest BCUT2D eigenvalue weighted by atomic mass is 16.4. The first kappa shape index (κ1) is 12.2. The number of fused-ring (bicyclic) bond motifs is 2. The van der Waals surface area contributed by atoms with Gasteiger partial charge in [0.25, 0.3) is 0 Å². The highest BCUT2D eigenvalue weighted by Gasteiger charge is 2.19. The van der Waals surface area contributed by atoms with E-state index < -0.39 is 22.7 Å². The van der Waals surface area contributed by atoms with Gasteiger partial charge in [-0.15, -0.1) is 0 Å². The van der Waals surface area contributed by atoms with Crippen molar-refractivity contribution in [2.45, 2.75) is 6.92 Å². The highest BCUT2D eigenvalue weighted by Crippen LogP contribution is 2.38. The summed E-state index contributed by atoms with van der Waals surface area (Å²) in [5.41, 5.74) is -0.421. The van der Waals surface area contributed by atoms with Crippen LogP contribution < -0.4 is 5.43 Å². The van der Waals surface area contributed by atoms with Crippen molar-refractivity contribution in [3.8, 4) is 23.0 Å². The van der Waals surface area contributed by atoms with E-state index in [9.17, 15) is 25.2 Å². The number of phenolic OH excluding ortho intramolecular Hbond substituents is 4. The first-order valence-corrected chi connectivity index (χ1v) is 5.74. The minimum atomic E-state index is -0.563. The summed E-state index contributed by atoms with van der Waals surface area (Å²) in [4.78, 5) is 12.4. The van der Waals surface area contributed by atoms with Gasteiger partial charge in [0.1, 0.15) is 22.5 Å². The zero-order valence-corrected chi connectivity index (χ0v) is 10.3. The van der Waals surface area contributed by atoms with Crippen LogP contribution in [-0.4, -0.2) is 20.4 Å². The third-order valence-corrected chi connectivity index (χ3v) is 3.16. The molecule has 0 spiro atoms. The summed E-state index contributed by atoms with van der Waals surface area (Å²) in [7, 11) is 0. The third kappa shape index (κ3) is 1.48. The molecule has 0 unspecified atom stereocenters. The van der Waals surface area contributed by atoms with E-state index in [1.54, 1.807) is 6.92 Å². The smallest absolute Gasteiger partial charge is 0.204 e. The van der Waals surface area contributed by atoms with Gasteiger partial charge in [-0.25, -0.2) is 0 Å². The van der Waals surface area contributed by atoms with Crippen LogP contribution in [0, 0.1) is 6.92 Å². The largest absolute Gasteiger partial charge is 0.508 e. The van der Waals surface area contributed by atoms with Crippen LogP contribution >= 0.6 is 0 Å². The standard InChI is InChI=1S/C14H10O6/c1-5-2-8(17)12(18)14-10(5)13(19)11-7(16)3-6(15)4-9(11)20-14/h2-4,15-18H,1H3. The first-order chi connectivity index (χ1) is 9.40. The van der Waals surface area contributed by atoms with Gasteiger partial charge in [-0.2, -0.15) is 0 Å². The quantitative estimate of drug-likeness (QED) is 0.369. The van der Waals surface area contributed by atoms with Gasteiger partial charge in [0, 0.05) is 12.1 Å². The van der Waals surface area contributed by atoms with E-state index in [1.165, 1.54) is 6.07 Å². The molecule has 0 fully saturated rings. The van der Waals surface area contributed by atoms with Crippen molar-refractivity contribution in [1.82, 2.24) is 0 Å². The van der Waals surface area contributed by atoms with Gasteiger partial charge < -0.3 is 24.8 Å². The normalized spacial score (nSPS) is 11.2. The van der Waals surface area contributed by atoms with Crippen LogP contribution in [0.2, 0.25) is 0 Å². The molecule has 102 valence electrons. The van der Waals surface area contributed by atoms with E-state index in [-0.39, 0.29) is 27.7 Å². The number of aromatic hydroxyl groups is 4. The minimum absolute atomic E-state index is 0.0637. The average molecular weight is 274 g/mol. The molecule has 0 aliphatic carbocycles. The van der Waals surface area contributed by atoms with E-state index in [0.717, 1.165) is 12.1 Å². The molecule has 4 N–H and O–H groups in total. The molecule has 0 amide bonds. The van der Waals surface area contributed by atoms with E-state index in [1.807, 2.05) is 0 Å². The Kier molecular flexibility index (Phi) is 2.31. The zero-order valence-electron chi connectivity index (χ0n) is 10.3. The van der Waals surface area contributed by atoms with Gasteiger partial charge in [0.15, 0.2) is 11.3 Å². The fourth-order valence-corrected chi connectivity index (χ4v) is 2.27. The van der Waals surface area contributed by atoms with Crippen LogP contribution in [0.4, 0.5) is 0 Å². The third-order valence-electron chi connectivity index (χ3n) is 3.16. The van der Waals surface area contributed by atoms with Crippen molar-refractivity contribution in [3.63, 3.8) is 0 Å². The summed E-state index contributed by atoms with van der Waals surface area (Å²) < 4.78 is 5.35. The minimum Gasteiger partial charge on any atom is -0.508 e. The molecule has 0 atom stereocenters. The molecule has 2 aromatic carbocycles. The van der Waals surface area contributed by atoms with Crippen molar-refractivity contribution in [2.24, 2.45) is 0 Å². The van der Waals surface area contributed by atoms with Gasteiger partial charge in [0.05, 0.1) is 5.39 Å². The second-order valence-corrected chi connectivity index (χ2v) is 4.53. The number of benzene rings is 2. The first-order valence-electron chi connectivity index (χ1n) is 5.74. The van der Waals surface area contributed by atoms with Crippen molar-refractivity contribution in [1.29, 1.82) is 0 Å². The number of phenols is 4. The van der Waals surface area contributed by atoms with Crippen LogP contribution in [0.3, 0.4) is 0 Å². The Hall–Kier alpha value is -2.89. The molecule has 6 nitrogen and oxygen atoms in total. The molecular weight excluding hydrogens is 264 g/mol. The fourth-order valence-electron chi connectivity index (χ4n) is 2.27. The van der Waals surface area contributed by atoms with Crippen molar-refractivity contribution < 1.29 is 24.8 Å². The lowest BCUT2D eigenvalue weighted by atomic mass is 10.1. The van der Waals surface area contributed by atoms with Crippen molar-refractivity contribution in [2.75, 3.05) is 0 Å². The molecule has 20 heavy (non-hydrogen) atoms. The van der Waals surface area contributed by atoms with E-state index in [4.69, 9.17) is 4.42 Å². The summed E-state index contributed by atoms with van der Waals surface area (Å²) in [6.07, 6.45) is 0. The Labute approximate surface area is 111 Å². The summed E-state index contributed by atoms with van der Waals surface area (Å²) >= 11 is 0. The lowest BCUT2D eigenvalue weighted by molar-refractivity contribution is 0.400. The number of aryl methyl sites for hydroxylation is 1. The van der Waals surface area contributed by atoms with E-state index >= 15 is 0 Å². The topological polar surface area (TPSA) is 111 Å². The Morgan fingerprint density at radius 1 is 0.950 bits per heavy atom. The number of hydrogen-bond donors (Lipinski definition) is 4. The SMILES string of the molecule is Cc1cc(O)c(O)c2oc3cc(O)cc(O)c3c(=O)c12. The Morgan fingerprint density at radius 3 is 2.35 bits per heavy atom. The van der Waals surface area contributed by atoms with E-state index in [0.29, 0.717) is 5.56 Å². The van der Waals surface area contributed by atoms with Crippen LogP contribution in [0.15, 0.2) is 27.4 Å². The molecule has 6 heteroatoms. The maximum Gasteiger partial charge on any atom is 0.204 e. The van der Waals surface area contributed by atoms with Gasteiger partial charge in [-0.3, -0.25) is 4.79 Å². The molecule has 1 heterocycles. The predicted octanol–water partition coefficient (Wildman–Crippen LogP) is 2.08. The predicted molar refractivity (Wildman–Crippen MR) is 71.4 cm³/mol. The average Bonchev–Trinajstić information content (AvgIpc) is 2.34. The van der Waals surface area contributed by atoms with Crippen LogP contribution in [0.1, 0.15) is 5.56 Å². The second-order valence-electron chi connectivity index (χ2n) is 4.53. The number of hydrogen-bond acceptors (Lipinski definition) is 6. The second kappa shape index (κ2) is 3.80. The van der Waals surface area contributed by atoms with Crippen molar-refractivity contribution >= 4 is 21.9 Å². The molecule has 0 saturated carbocycles. The molecule has 0 bridgehead atoms. The number of rotatable bonds is 0. The lowest BCUT2D eigenvalue weighted by Crippen LogP contribution is -2.04. The van der Waals surface area contributed by atoms with Crippen molar-refractivity contribution in [3.05, 3.63) is 34.0 Å². The summed E-state index contributed by atoms with van der Waals surface area (Å²) in [5, 5.41) is 38.5. The molecule has 3 rings (SSSR count). The lowest BCUT2D eigenvalue weighted by Gasteiger charge is -2.08. The molecule has 0 aliphatic heterocycles. The molecule has 0 saturated heterocycles. The van der Waals surface area contributed by atoms with Gasteiger partial charge >= 0.3 is 0 Å². The maximum absolute atomic E-state index is 12.4. The van der Waals surface area contributed by atoms with Crippen LogP contribution in [0.25, 0.3) is 21.9 Å². The molecular formula is C14H10O6. The molecule has 0 radical (unpaired) electrons. The maximum atomic E-state index is 12.4. The van der Waals surface area contributed by atoms with Gasteiger partial charge in [-0.1, -0.05) is 0 Å². The summed E-state index contributed by atoms with van der Waals surface area (Å²) in [6, 6.07) is 3.41. The highest BCUT2D eigenvalue weighted by molar-refractivity contribution is 5.98. The fraction of sp³-hybridized carbons (Fsp3) is 0.0714. The van der Waals surface area contributed by atoms with Gasteiger partial charge in [-0.05, 0) is 18.6 Å². The molecule has 1 aromatic heterocycles. The van der Waals surface area contributed by atoms with Crippen LogP contribution in [-0.2, 0) is 0 Å². The monoisotopic (exact) mass is 274 g/mol. The Bertz CT molecular complexity index is 923. The Balaban J connectivity index is 2.69. The summed E-state index contributed by atoms with van der Waals surface area (Å²) in [5.74, 6) is -1.68. The van der Waals surface area contributed by atoms with Gasteiger partial charge in [0.2, 0.25) is 11.2 Å².